The van der Waals surface area contributed by atoms with Gasteiger partial charge in [-0.2, -0.15) is 0 Å². The van der Waals surface area contributed by atoms with E-state index in [4.69, 9.17) is 11.1 Å². The van der Waals surface area contributed by atoms with Gasteiger partial charge in [0, 0.05) is 41.2 Å². The van der Waals surface area contributed by atoms with E-state index in [1.165, 1.54) is 6.26 Å². The molecular formula is C26H30N4O3S. The number of carbonyl (C=O) groups excluding carboxylic acids is 1. The molecule has 3 aromatic carbocycles. The number of anilines is 2. The number of amidine groups is 1. The largest absolute Gasteiger partial charge is 0.384 e. The van der Waals surface area contributed by atoms with E-state index in [1.807, 2.05) is 12.1 Å². The van der Waals surface area contributed by atoms with Gasteiger partial charge in [-0.1, -0.05) is 55.8 Å². The van der Waals surface area contributed by atoms with Gasteiger partial charge in [0.05, 0.1) is 4.90 Å². The van der Waals surface area contributed by atoms with Crippen LogP contribution in [0.4, 0.5) is 11.4 Å². The maximum atomic E-state index is 12.7. The molecule has 0 spiro atoms. The van der Waals surface area contributed by atoms with Crippen LogP contribution in [0.2, 0.25) is 0 Å². The summed E-state index contributed by atoms with van der Waals surface area (Å²) in [6.45, 7) is 2.06. The fourth-order valence-corrected chi connectivity index (χ4v) is 4.69. The molecular weight excluding hydrogens is 448 g/mol. The van der Waals surface area contributed by atoms with Gasteiger partial charge in [-0.15, -0.1) is 0 Å². The molecule has 3 rings (SSSR count). The van der Waals surface area contributed by atoms with Crippen LogP contribution >= 0.6 is 0 Å². The summed E-state index contributed by atoms with van der Waals surface area (Å²) in [5, 5.41) is 13.9. The fraction of sp³-hybridized carbons (Fsp3) is 0.231. The van der Waals surface area contributed by atoms with Crippen molar-refractivity contribution in [3.63, 3.8) is 0 Å². The Kier molecular flexibility index (Phi) is 8.07. The van der Waals surface area contributed by atoms with Crippen LogP contribution < -0.4 is 16.4 Å². The predicted octanol–water partition coefficient (Wildman–Crippen LogP) is 4.65. The van der Waals surface area contributed by atoms with Crippen molar-refractivity contribution in [3.05, 3.63) is 78.4 Å². The van der Waals surface area contributed by atoms with Gasteiger partial charge >= 0.3 is 0 Å². The normalized spacial score (nSPS) is 12.1. The number of hydrogen-bond donors (Lipinski definition) is 4. The lowest BCUT2D eigenvalue weighted by Gasteiger charge is -2.19. The van der Waals surface area contributed by atoms with E-state index in [0.29, 0.717) is 16.8 Å². The standard InChI is InChI=1S/C26H30N4O3S/c1-3-7-21(29-22-9-6-8-19(16-22)26(27)28)17-25(31)30-20-14-12-18(13-15-20)23-10-4-5-11-24(23)34(2,32)33/h4-6,8-16,21,29H,3,7,17H2,1-2H3,(H3,27,28)(H,30,31)/t21-/m0/s1. The highest BCUT2D eigenvalue weighted by Crippen LogP contribution is 2.28. The molecule has 7 nitrogen and oxygen atoms in total. The van der Waals surface area contributed by atoms with E-state index in [2.05, 4.69) is 17.6 Å². The zero-order valence-electron chi connectivity index (χ0n) is 19.3. The quantitative estimate of drug-likeness (QED) is 0.249. The van der Waals surface area contributed by atoms with Crippen LogP contribution in [-0.2, 0) is 14.6 Å². The first-order chi connectivity index (χ1) is 16.2. The molecule has 0 aliphatic carbocycles. The van der Waals surface area contributed by atoms with Crippen molar-refractivity contribution < 1.29 is 13.2 Å². The van der Waals surface area contributed by atoms with E-state index in [-0.39, 0.29) is 29.1 Å². The van der Waals surface area contributed by atoms with Gasteiger partial charge in [-0.25, -0.2) is 8.42 Å². The summed E-state index contributed by atoms with van der Waals surface area (Å²) in [4.78, 5) is 13.0. The Bertz CT molecular complexity index is 1270. The smallest absolute Gasteiger partial charge is 0.226 e. The summed E-state index contributed by atoms with van der Waals surface area (Å²) in [6.07, 6.45) is 3.18. The third kappa shape index (κ3) is 6.68. The summed E-state index contributed by atoms with van der Waals surface area (Å²) in [6, 6.07) is 21.2. The minimum absolute atomic E-state index is 0.00367. The molecule has 0 heterocycles. The Labute approximate surface area is 200 Å². The number of sulfone groups is 1. The lowest BCUT2D eigenvalue weighted by molar-refractivity contribution is -0.116. The monoisotopic (exact) mass is 478 g/mol. The molecule has 3 aromatic rings. The van der Waals surface area contributed by atoms with Crippen LogP contribution in [0.3, 0.4) is 0 Å². The lowest BCUT2D eigenvalue weighted by Crippen LogP contribution is -2.26. The summed E-state index contributed by atoms with van der Waals surface area (Å²) in [5.74, 6) is -0.131. The van der Waals surface area contributed by atoms with Gasteiger partial charge in [0.2, 0.25) is 5.91 Å². The Hall–Kier alpha value is -3.65. The Balaban J connectivity index is 1.68. The van der Waals surface area contributed by atoms with Crippen molar-refractivity contribution in [1.29, 1.82) is 5.41 Å². The van der Waals surface area contributed by atoms with Crippen molar-refractivity contribution in [1.82, 2.24) is 0 Å². The highest BCUT2D eigenvalue weighted by molar-refractivity contribution is 7.90. The van der Waals surface area contributed by atoms with E-state index >= 15 is 0 Å². The summed E-state index contributed by atoms with van der Waals surface area (Å²) in [7, 11) is -3.36. The first kappa shape index (κ1) is 25.0. The number of carbonyl (C=O) groups is 1. The number of amides is 1. The van der Waals surface area contributed by atoms with Gasteiger partial charge in [0.15, 0.2) is 9.84 Å². The van der Waals surface area contributed by atoms with E-state index in [9.17, 15) is 13.2 Å². The Morgan fingerprint density at radius 3 is 2.35 bits per heavy atom. The van der Waals surface area contributed by atoms with E-state index in [0.717, 1.165) is 24.1 Å². The average molecular weight is 479 g/mol. The molecule has 0 fully saturated rings. The number of nitrogen functional groups attached to an aromatic ring is 1. The topological polar surface area (TPSA) is 125 Å². The molecule has 0 aliphatic heterocycles. The van der Waals surface area contributed by atoms with Crippen molar-refractivity contribution >= 4 is 33.0 Å². The third-order valence-corrected chi connectivity index (χ3v) is 6.53. The zero-order valence-corrected chi connectivity index (χ0v) is 20.2. The van der Waals surface area contributed by atoms with Crippen LogP contribution in [0, 0.1) is 5.41 Å². The van der Waals surface area contributed by atoms with Gasteiger partial charge < -0.3 is 16.4 Å². The molecule has 0 radical (unpaired) electrons. The minimum atomic E-state index is -3.36. The predicted molar refractivity (Wildman–Crippen MR) is 138 cm³/mol. The first-order valence-electron chi connectivity index (χ1n) is 11.1. The van der Waals surface area contributed by atoms with Gasteiger partial charge in [0.1, 0.15) is 5.84 Å². The Morgan fingerprint density at radius 1 is 1.00 bits per heavy atom. The second-order valence-corrected chi connectivity index (χ2v) is 10.2. The highest BCUT2D eigenvalue weighted by atomic mass is 32.2. The molecule has 34 heavy (non-hydrogen) atoms. The second-order valence-electron chi connectivity index (χ2n) is 8.22. The van der Waals surface area contributed by atoms with Crippen molar-refractivity contribution in [2.45, 2.75) is 37.1 Å². The van der Waals surface area contributed by atoms with Crippen LogP contribution in [0.15, 0.2) is 77.7 Å². The Morgan fingerprint density at radius 2 is 1.71 bits per heavy atom. The molecule has 0 unspecified atom stereocenters. The number of rotatable bonds is 10. The van der Waals surface area contributed by atoms with Crippen molar-refractivity contribution in [2.75, 3.05) is 16.9 Å². The maximum Gasteiger partial charge on any atom is 0.226 e. The summed E-state index contributed by atoms with van der Waals surface area (Å²) in [5.41, 5.74) is 9.04. The fourth-order valence-electron chi connectivity index (χ4n) is 3.78. The molecule has 8 heteroatoms. The SMILES string of the molecule is CCC[C@@H](CC(=O)Nc1ccc(-c2ccccc2S(C)(=O)=O)cc1)Nc1cccc(C(=N)N)c1. The second kappa shape index (κ2) is 11.0. The van der Waals surface area contributed by atoms with Crippen LogP contribution in [0.5, 0.6) is 0 Å². The van der Waals surface area contributed by atoms with Gasteiger partial charge in [-0.05, 0) is 42.3 Å². The molecule has 1 amide bonds. The minimum Gasteiger partial charge on any atom is -0.384 e. The van der Waals surface area contributed by atoms with Gasteiger partial charge in [0.25, 0.3) is 0 Å². The maximum absolute atomic E-state index is 12.7. The summed E-state index contributed by atoms with van der Waals surface area (Å²) < 4.78 is 24.2. The van der Waals surface area contributed by atoms with Crippen LogP contribution in [0.25, 0.3) is 11.1 Å². The number of hydrogen-bond acceptors (Lipinski definition) is 5. The zero-order chi connectivity index (χ0) is 24.7. The van der Waals surface area contributed by atoms with Crippen molar-refractivity contribution in [2.24, 2.45) is 5.73 Å². The molecule has 178 valence electrons. The van der Waals surface area contributed by atoms with Gasteiger partial charge in [-0.3, -0.25) is 10.2 Å². The van der Waals surface area contributed by atoms with E-state index in [1.54, 1.807) is 60.7 Å². The molecule has 0 saturated carbocycles. The first-order valence-corrected chi connectivity index (χ1v) is 13.0. The molecule has 5 N–H and O–H groups in total. The molecule has 0 aromatic heterocycles. The molecule has 1 atom stereocenters. The van der Waals surface area contributed by atoms with Crippen LogP contribution in [-0.4, -0.2) is 32.5 Å². The van der Waals surface area contributed by atoms with E-state index < -0.39 is 9.84 Å². The number of nitrogens with two attached hydrogens (primary N) is 1. The number of nitrogens with one attached hydrogen (secondary N) is 3. The molecule has 0 bridgehead atoms. The van der Waals surface area contributed by atoms with Crippen molar-refractivity contribution in [3.8, 4) is 11.1 Å². The lowest BCUT2D eigenvalue weighted by atomic mass is 10.0. The molecule has 0 saturated heterocycles. The van der Waals surface area contributed by atoms with Crippen LogP contribution in [0.1, 0.15) is 31.7 Å². The average Bonchev–Trinajstić information content (AvgIpc) is 2.79. The number of benzene rings is 3. The molecule has 0 aliphatic rings. The highest BCUT2D eigenvalue weighted by Gasteiger charge is 2.16. The summed E-state index contributed by atoms with van der Waals surface area (Å²) >= 11 is 0. The third-order valence-electron chi connectivity index (χ3n) is 5.38.